The largest absolute Gasteiger partial charge is 0.357 e. The number of aliphatic imine (C=N–C) groups is 1. The lowest BCUT2D eigenvalue weighted by Crippen LogP contribution is -2.39. The fourth-order valence-corrected chi connectivity index (χ4v) is 3.90. The van der Waals surface area contributed by atoms with Gasteiger partial charge >= 0.3 is 0 Å². The minimum atomic E-state index is -0.199. The Kier molecular flexibility index (Phi) is 3.20. The summed E-state index contributed by atoms with van der Waals surface area (Å²) >= 11 is 0. The first-order chi connectivity index (χ1) is 12.3. The monoisotopic (exact) mass is 328 g/mol. The van der Waals surface area contributed by atoms with Crippen molar-refractivity contribution in [2.75, 3.05) is 0 Å². The average molecular weight is 328 g/mol. The lowest BCUT2D eigenvalue weighted by Gasteiger charge is -2.39. The quantitative estimate of drug-likeness (QED) is 0.782. The summed E-state index contributed by atoms with van der Waals surface area (Å²) in [5, 5.41) is 0. The van der Waals surface area contributed by atoms with Gasteiger partial charge in [-0.3, -0.25) is 4.99 Å². The zero-order chi connectivity index (χ0) is 16.8. The van der Waals surface area contributed by atoms with E-state index in [1.54, 1.807) is 0 Å². The van der Waals surface area contributed by atoms with Crippen molar-refractivity contribution >= 4 is 5.71 Å². The first-order valence-corrected chi connectivity index (χ1v) is 8.55. The Morgan fingerprint density at radius 3 is 2.64 bits per heavy atom. The molecule has 1 aromatic carbocycles. The lowest BCUT2D eigenvalue weighted by atomic mass is 9.88. The van der Waals surface area contributed by atoms with Crippen molar-refractivity contribution in [3.63, 3.8) is 0 Å². The smallest absolute Gasteiger partial charge is 0.123 e. The van der Waals surface area contributed by atoms with Crippen molar-refractivity contribution in [3.05, 3.63) is 107 Å². The van der Waals surface area contributed by atoms with E-state index in [0.717, 1.165) is 23.5 Å². The number of benzene rings is 1. The fraction of sp³-hybridized carbons (Fsp3) is 0.136. The van der Waals surface area contributed by atoms with Crippen molar-refractivity contribution in [3.8, 4) is 0 Å². The maximum atomic E-state index is 13.3. The van der Waals surface area contributed by atoms with Gasteiger partial charge < -0.3 is 4.90 Å². The second-order valence-electron chi connectivity index (χ2n) is 6.62. The molecule has 0 fully saturated rings. The summed E-state index contributed by atoms with van der Waals surface area (Å²) in [5.74, 6) is 0.00720. The highest BCUT2D eigenvalue weighted by Gasteiger charge is 2.37. The van der Waals surface area contributed by atoms with E-state index in [9.17, 15) is 4.39 Å². The van der Waals surface area contributed by atoms with E-state index < -0.39 is 0 Å². The Labute approximate surface area is 146 Å². The summed E-state index contributed by atoms with van der Waals surface area (Å²) < 4.78 is 13.3. The van der Waals surface area contributed by atoms with Gasteiger partial charge in [0.2, 0.25) is 0 Å². The Morgan fingerprint density at radius 2 is 1.76 bits per heavy atom. The number of nitrogens with zero attached hydrogens (tertiary/aromatic N) is 2. The third-order valence-electron chi connectivity index (χ3n) is 5.06. The average Bonchev–Trinajstić information content (AvgIpc) is 3.01. The third-order valence-corrected chi connectivity index (χ3v) is 5.06. The van der Waals surface area contributed by atoms with Crippen molar-refractivity contribution < 1.29 is 4.39 Å². The van der Waals surface area contributed by atoms with E-state index >= 15 is 0 Å². The minimum Gasteiger partial charge on any atom is -0.357 e. The molecule has 0 saturated heterocycles. The van der Waals surface area contributed by atoms with Crippen LogP contribution in [0.1, 0.15) is 5.56 Å². The normalized spacial score (nSPS) is 25.6. The predicted molar refractivity (Wildman–Crippen MR) is 98.3 cm³/mol. The molecule has 2 atom stereocenters. The van der Waals surface area contributed by atoms with Gasteiger partial charge in [-0.1, -0.05) is 54.7 Å². The van der Waals surface area contributed by atoms with Crippen LogP contribution in [0.4, 0.5) is 4.39 Å². The van der Waals surface area contributed by atoms with Crippen LogP contribution in [0.3, 0.4) is 0 Å². The Bertz CT molecular complexity index is 939. The van der Waals surface area contributed by atoms with Gasteiger partial charge in [0.25, 0.3) is 0 Å². The Morgan fingerprint density at radius 1 is 0.960 bits per heavy atom. The Balaban J connectivity index is 1.58. The second kappa shape index (κ2) is 5.55. The predicted octanol–water partition coefficient (Wildman–Crippen LogP) is 4.47. The van der Waals surface area contributed by atoms with Crippen LogP contribution in [0.5, 0.6) is 0 Å². The van der Waals surface area contributed by atoms with Crippen LogP contribution in [0.25, 0.3) is 0 Å². The molecule has 2 unspecified atom stereocenters. The van der Waals surface area contributed by atoms with Gasteiger partial charge in [-0.15, -0.1) is 0 Å². The molecule has 25 heavy (non-hydrogen) atoms. The standard InChI is InChI=1S/C22H17FN2/c23-17-11-9-15(10-12-17)14-25-21-8-4-1-5-16(21)13-20-22(25)18-6-2-3-7-19(18)24-20/h1-13,18,21H,14H2. The number of hydrogen-bond acceptors (Lipinski definition) is 2. The highest BCUT2D eigenvalue weighted by Crippen LogP contribution is 2.41. The van der Waals surface area contributed by atoms with Crippen LogP contribution in [0.2, 0.25) is 0 Å². The molecular weight excluding hydrogens is 311 g/mol. The number of allylic oxidation sites excluding steroid dienone is 7. The zero-order valence-electron chi connectivity index (χ0n) is 13.6. The molecule has 122 valence electrons. The summed E-state index contributed by atoms with van der Waals surface area (Å²) in [7, 11) is 0. The molecule has 2 aliphatic heterocycles. The van der Waals surface area contributed by atoms with Crippen LogP contribution in [-0.4, -0.2) is 16.7 Å². The molecule has 3 heteroatoms. The molecule has 2 nitrogen and oxygen atoms in total. The number of hydrogen-bond donors (Lipinski definition) is 0. The first kappa shape index (κ1) is 14.4. The molecule has 1 aromatic rings. The second-order valence-corrected chi connectivity index (χ2v) is 6.62. The molecule has 0 radical (unpaired) electrons. The Hall–Kier alpha value is -2.94. The van der Waals surface area contributed by atoms with E-state index in [-0.39, 0.29) is 17.8 Å². The van der Waals surface area contributed by atoms with Crippen molar-refractivity contribution in [1.82, 2.24) is 4.90 Å². The summed E-state index contributed by atoms with van der Waals surface area (Å²) in [6.45, 7) is 0.732. The van der Waals surface area contributed by atoms with E-state index in [1.165, 1.54) is 23.4 Å². The molecule has 2 aliphatic carbocycles. The molecular formula is C22H17FN2. The van der Waals surface area contributed by atoms with E-state index in [2.05, 4.69) is 53.5 Å². The van der Waals surface area contributed by atoms with Gasteiger partial charge in [0.05, 0.1) is 29.1 Å². The summed E-state index contributed by atoms with van der Waals surface area (Å²) in [6.07, 6.45) is 19.2. The van der Waals surface area contributed by atoms with E-state index in [1.807, 2.05) is 18.2 Å². The molecule has 0 amide bonds. The fourth-order valence-electron chi connectivity index (χ4n) is 3.90. The molecule has 5 rings (SSSR count). The van der Waals surface area contributed by atoms with Crippen LogP contribution >= 0.6 is 0 Å². The van der Waals surface area contributed by atoms with Crippen molar-refractivity contribution in [1.29, 1.82) is 0 Å². The van der Waals surface area contributed by atoms with Crippen LogP contribution in [-0.2, 0) is 6.54 Å². The van der Waals surface area contributed by atoms with E-state index in [4.69, 9.17) is 4.99 Å². The molecule has 0 aromatic heterocycles. The summed E-state index contributed by atoms with van der Waals surface area (Å²) in [4.78, 5) is 7.26. The number of rotatable bonds is 2. The van der Waals surface area contributed by atoms with Crippen LogP contribution in [0.15, 0.2) is 101 Å². The van der Waals surface area contributed by atoms with Crippen molar-refractivity contribution in [2.45, 2.75) is 12.6 Å². The molecule has 0 bridgehead atoms. The highest BCUT2D eigenvalue weighted by atomic mass is 19.1. The maximum Gasteiger partial charge on any atom is 0.123 e. The molecule has 4 aliphatic rings. The SMILES string of the molecule is Fc1ccc(CN2C3=C(C=C4C=CC=CC42)N=C2C=CC=CC23)cc1. The highest BCUT2D eigenvalue weighted by molar-refractivity contribution is 6.04. The summed E-state index contributed by atoms with van der Waals surface area (Å²) in [5.41, 5.74) is 5.73. The topological polar surface area (TPSA) is 15.6 Å². The van der Waals surface area contributed by atoms with Gasteiger partial charge in [-0.25, -0.2) is 4.39 Å². The van der Waals surface area contributed by atoms with Crippen molar-refractivity contribution in [2.24, 2.45) is 10.9 Å². The number of halogens is 1. The van der Waals surface area contributed by atoms with Gasteiger partial charge in [0.15, 0.2) is 0 Å². The number of fused-ring (bicyclic) bond motifs is 3. The molecule has 0 N–H and O–H groups in total. The van der Waals surface area contributed by atoms with Gasteiger partial charge in [0, 0.05) is 6.54 Å². The van der Waals surface area contributed by atoms with Gasteiger partial charge in [0.1, 0.15) is 5.82 Å². The maximum absolute atomic E-state index is 13.3. The molecule has 2 heterocycles. The summed E-state index contributed by atoms with van der Waals surface area (Å²) in [6, 6.07) is 6.98. The van der Waals surface area contributed by atoms with E-state index in [0.29, 0.717) is 0 Å². The third kappa shape index (κ3) is 2.35. The first-order valence-electron chi connectivity index (χ1n) is 8.55. The zero-order valence-corrected chi connectivity index (χ0v) is 13.6. The minimum absolute atomic E-state index is 0.197. The van der Waals surface area contributed by atoms with Gasteiger partial charge in [-0.05, 0) is 35.4 Å². The van der Waals surface area contributed by atoms with Crippen LogP contribution in [0, 0.1) is 11.7 Å². The van der Waals surface area contributed by atoms with Gasteiger partial charge in [-0.2, -0.15) is 0 Å². The molecule has 0 spiro atoms. The lowest BCUT2D eigenvalue weighted by molar-refractivity contribution is 0.293. The molecule has 0 saturated carbocycles. The van der Waals surface area contributed by atoms with Crippen LogP contribution < -0.4 is 0 Å².